The van der Waals surface area contributed by atoms with Crippen molar-refractivity contribution in [1.29, 1.82) is 0 Å². The van der Waals surface area contributed by atoms with E-state index in [1.54, 1.807) is 0 Å². The van der Waals surface area contributed by atoms with E-state index in [0.29, 0.717) is 6.54 Å². The number of fused-ring (bicyclic) bond motifs is 1. The van der Waals surface area contributed by atoms with Crippen LogP contribution in [0.15, 0.2) is 18.2 Å². The van der Waals surface area contributed by atoms with Gasteiger partial charge in [-0.15, -0.1) is 0 Å². The Morgan fingerprint density at radius 3 is 2.83 bits per heavy atom. The van der Waals surface area contributed by atoms with Gasteiger partial charge in [-0.2, -0.15) is 0 Å². The van der Waals surface area contributed by atoms with E-state index in [2.05, 4.69) is 24.8 Å². The molecule has 0 aliphatic carbocycles. The van der Waals surface area contributed by atoms with Crippen LogP contribution in [0.25, 0.3) is 0 Å². The minimum atomic E-state index is -0.123. The molecule has 0 spiro atoms. The molecule has 0 bridgehead atoms. The molecule has 0 saturated carbocycles. The average molecular weight is 269 g/mol. The lowest BCUT2D eigenvalue weighted by Gasteiger charge is -2.32. The van der Waals surface area contributed by atoms with Gasteiger partial charge in [-0.25, -0.2) is 0 Å². The summed E-state index contributed by atoms with van der Waals surface area (Å²) in [7, 11) is 0. The fourth-order valence-electron chi connectivity index (χ4n) is 2.61. The van der Waals surface area contributed by atoms with Crippen LogP contribution in [0.1, 0.15) is 31.0 Å². The summed E-state index contributed by atoms with van der Waals surface area (Å²) in [6, 6.07) is 6.22. The first-order chi connectivity index (χ1) is 8.48. The smallest absolute Gasteiger partial charge is 0.0494 e. The van der Waals surface area contributed by atoms with Crippen LogP contribution >= 0.6 is 11.6 Å². The first-order valence-corrected chi connectivity index (χ1v) is 6.68. The van der Waals surface area contributed by atoms with Crippen molar-refractivity contribution in [3.63, 3.8) is 0 Å². The molecule has 100 valence electrons. The van der Waals surface area contributed by atoms with Gasteiger partial charge in [0.2, 0.25) is 0 Å². The molecule has 3 N–H and O–H groups in total. The van der Waals surface area contributed by atoms with Gasteiger partial charge in [0.1, 0.15) is 0 Å². The van der Waals surface area contributed by atoms with Crippen molar-refractivity contribution in [2.75, 3.05) is 19.7 Å². The van der Waals surface area contributed by atoms with Crippen molar-refractivity contribution in [1.82, 2.24) is 4.90 Å². The van der Waals surface area contributed by atoms with Crippen molar-refractivity contribution in [2.24, 2.45) is 11.1 Å². The van der Waals surface area contributed by atoms with E-state index in [1.807, 2.05) is 12.1 Å². The highest BCUT2D eigenvalue weighted by Gasteiger charge is 2.33. The summed E-state index contributed by atoms with van der Waals surface area (Å²) in [5.74, 6) is 0. The monoisotopic (exact) mass is 268 g/mol. The maximum atomic E-state index is 9.40. The Balaban J connectivity index is 2.25. The van der Waals surface area contributed by atoms with Gasteiger partial charge >= 0.3 is 0 Å². The SMILES string of the molecule is CC(C)(CO)CN1Cc2c(Cl)cccc2C1CN. The van der Waals surface area contributed by atoms with E-state index in [1.165, 1.54) is 11.1 Å². The third kappa shape index (κ3) is 2.54. The van der Waals surface area contributed by atoms with Gasteiger partial charge in [-0.1, -0.05) is 37.6 Å². The number of halogens is 1. The highest BCUT2D eigenvalue weighted by Crippen LogP contribution is 2.38. The molecule has 1 aromatic carbocycles. The molecular weight excluding hydrogens is 248 g/mol. The number of benzene rings is 1. The van der Waals surface area contributed by atoms with Gasteiger partial charge < -0.3 is 10.8 Å². The molecule has 0 aromatic heterocycles. The summed E-state index contributed by atoms with van der Waals surface area (Å²) in [6.07, 6.45) is 0. The van der Waals surface area contributed by atoms with Crippen LogP contribution in [0.4, 0.5) is 0 Å². The lowest BCUT2D eigenvalue weighted by Crippen LogP contribution is -2.37. The molecule has 0 amide bonds. The van der Waals surface area contributed by atoms with Crippen LogP contribution in [0.2, 0.25) is 5.02 Å². The van der Waals surface area contributed by atoms with Gasteiger partial charge in [0, 0.05) is 42.7 Å². The normalized spacial score (nSPS) is 20.2. The van der Waals surface area contributed by atoms with Gasteiger partial charge in [0.25, 0.3) is 0 Å². The largest absolute Gasteiger partial charge is 0.396 e. The summed E-state index contributed by atoms with van der Waals surface area (Å²) in [5, 5.41) is 10.2. The Hall–Kier alpha value is -0.610. The third-order valence-electron chi connectivity index (χ3n) is 3.60. The molecule has 0 saturated heterocycles. The third-order valence-corrected chi connectivity index (χ3v) is 3.95. The maximum Gasteiger partial charge on any atom is 0.0494 e. The highest BCUT2D eigenvalue weighted by atomic mass is 35.5. The fraction of sp³-hybridized carbons (Fsp3) is 0.571. The number of aliphatic hydroxyl groups excluding tert-OH is 1. The van der Waals surface area contributed by atoms with E-state index in [9.17, 15) is 5.11 Å². The Morgan fingerprint density at radius 1 is 1.50 bits per heavy atom. The van der Waals surface area contributed by atoms with Gasteiger partial charge in [-0.05, 0) is 17.2 Å². The quantitative estimate of drug-likeness (QED) is 0.880. The highest BCUT2D eigenvalue weighted by molar-refractivity contribution is 6.31. The van der Waals surface area contributed by atoms with E-state index >= 15 is 0 Å². The molecule has 0 fully saturated rings. The minimum absolute atomic E-state index is 0.123. The molecule has 1 heterocycles. The molecule has 4 heteroatoms. The Bertz CT molecular complexity index is 434. The predicted molar refractivity (Wildman–Crippen MR) is 74.5 cm³/mol. The first kappa shape index (κ1) is 13.8. The van der Waals surface area contributed by atoms with E-state index < -0.39 is 0 Å². The summed E-state index contributed by atoms with van der Waals surface area (Å²) < 4.78 is 0. The lowest BCUT2D eigenvalue weighted by molar-refractivity contribution is 0.0846. The second-order valence-corrected chi connectivity index (χ2v) is 6.19. The topological polar surface area (TPSA) is 49.5 Å². The lowest BCUT2D eigenvalue weighted by atomic mass is 9.93. The van der Waals surface area contributed by atoms with Crippen LogP contribution in [0.3, 0.4) is 0 Å². The molecular formula is C14H21ClN2O. The number of hydrogen-bond donors (Lipinski definition) is 2. The van der Waals surface area contributed by atoms with Crippen LogP contribution in [-0.2, 0) is 6.54 Å². The standard InChI is InChI=1S/C14H21ClN2O/c1-14(2,9-18)8-17-7-11-10(13(17)6-16)4-3-5-12(11)15/h3-5,13,18H,6-9,16H2,1-2H3. The summed E-state index contributed by atoms with van der Waals surface area (Å²) in [5.41, 5.74) is 8.20. The minimum Gasteiger partial charge on any atom is -0.396 e. The van der Waals surface area contributed by atoms with E-state index in [4.69, 9.17) is 17.3 Å². The molecule has 1 aliphatic heterocycles. The van der Waals surface area contributed by atoms with E-state index in [0.717, 1.165) is 18.1 Å². The number of hydrogen-bond acceptors (Lipinski definition) is 3. The van der Waals surface area contributed by atoms with Crippen molar-refractivity contribution in [2.45, 2.75) is 26.4 Å². The second-order valence-electron chi connectivity index (χ2n) is 5.79. The van der Waals surface area contributed by atoms with Crippen molar-refractivity contribution < 1.29 is 5.11 Å². The molecule has 18 heavy (non-hydrogen) atoms. The first-order valence-electron chi connectivity index (χ1n) is 6.31. The Kier molecular flexibility index (Phi) is 3.97. The molecule has 1 unspecified atom stereocenters. The zero-order valence-corrected chi connectivity index (χ0v) is 11.7. The van der Waals surface area contributed by atoms with Crippen LogP contribution < -0.4 is 5.73 Å². The number of rotatable bonds is 4. The van der Waals surface area contributed by atoms with Crippen LogP contribution in [0.5, 0.6) is 0 Å². The van der Waals surface area contributed by atoms with Gasteiger partial charge in [-0.3, -0.25) is 4.90 Å². The molecule has 3 nitrogen and oxygen atoms in total. The number of nitrogens with zero attached hydrogens (tertiary/aromatic N) is 1. The Morgan fingerprint density at radius 2 is 2.22 bits per heavy atom. The van der Waals surface area contributed by atoms with E-state index in [-0.39, 0.29) is 18.1 Å². The fourth-order valence-corrected chi connectivity index (χ4v) is 2.85. The molecule has 0 radical (unpaired) electrons. The van der Waals surface area contributed by atoms with Crippen LogP contribution in [-0.4, -0.2) is 29.7 Å². The zero-order valence-electron chi connectivity index (χ0n) is 11.0. The number of nitrogens with two attached hydrogens (primary N) is 1. The molecule has 1 atom stereocenters. The zero-order chi connectivity index (χ0) is 13.3. The van der Waals surface area contributed by atoms with Crippen molar-refractivity contribution in [3.8, 4) is 0 Å². The maximum absolute atomic E-state index is 9.40. The van der Waals surface area contributed by atoms with Gasteiger partial charge in [0.05, 0.1) is 0 Å². The summed E-state index contributed by atoms with van der Waals surface area (Å²) in [4.78, 5) is 2.31. The molecule has 1 aliphatic rings. The van der Waals surface area contributed by atoms with Crippen molar-refractivity contribution >= 4 is 11.6 Å². The number of aliphatic hydroxyl groups is 1. The second kappa shape index (κ2) is 5.17. The van der Waals surface area contributed by atoms with Crippen molar-refractivity contribution in [3.05, 3.63) is 34.3 Å². The summed E-state index contributed by atoms with van der Waals surface area (Å²) >= 11 is 6.25. The Labute approximate surface area is 114 Å². The summed E-state index contributed by atoms with van der Waals surface area (Å²) in [6.45, 7) is 6.51. The van der Waals surface area contributed by atoms with Gasteiger partial charge in [0.15, 0.2) is 0 Å². The van der Waals surface area contributed by atoms with Crippen LogP contribution in [0, 0.1) is 5.41 Å². The molecule has 2 rings (SSSR count). The molecule has 1 aromatic rings. The average Bonchev–Trinajstić information content (AvgIpc) is 2.67. The predicted octanol–water partition coefficient (Wildman–Crippen LogP) is 2.17.